The molecule has 2 rings (SSSR count). The number of rotatable bonds is 12. The number of ketones is 1. The molecule has 0 amide bonds. The number of allylic oxidation sites excluding steroid dienone is 3. The first-order valence-electron chi connectivity index (χ1n) is 10.1. The minimum absolute atomic E-state index is 0.0270. The molecule has 0 fully saturated rings. The average molecular weight is 495 g/mol. The third-order valence-electron chi connectivity index (χ3n) is 4.51. The Hall–Kier alpha value is -2.51. The summed E-state index contributed by atoms with van der Waals surface area (Å²) in [4.78, 5) is 13.3. The number of methoxy groups -OCH3 is 3. The molecule has 8 heteroatoms. The maximum absolute atomic E-state index is 13.3. The number of carbonyl (C=O) groups is 1. The van der Waals surface area contributed by atoms with Gasteiger partial charge < -0.3 is 23.7 Å². The van der Waals surface area contributed by atoms with Gasteiger partial charge in [-0.25, -0.2) is 0 Å². The number of carbonyl (C=O) groups excluding carboxylic acids is 1. The quantitative estimate of drug-likeness (QED) is 0.148. The van der Waals surface area contributed by atoms with Gasteiger partial charge in [0.1, 0.15) is 22.8 Å². The fourth-order valence-electron chi connectivity index (χ4n) is 2.95. The van der Waals surface area contributed by atoms with E-state index in [1.807, 2.05) is 19.9 Å². The lowest BCUT2D eigenvalue weighted by atomic mass is 9.99. The van der Waals surface area contributed by atoms with E-state index in [-0.39, 0.29) is 24.9 Å². The van der Waals surface area contributed by atoms with Crippen LogP contribution < -0.4 is 14.2 Å². The summed E-state index contributed by atoms with van der Waals surface area (Å²) < 4.78 is 27.3. The van der Waals surface area contributed by atoms with Crippen LogP contribution in [0.3, 0.4) is 0 Å². The van der Waals surface area contributed by atoms with Crippen molar-refractivity contribution in [3.05, 3.63) is 68.7 Å². The van der Waals surface area contributed by atoms with Gasteiger partial charge in [0.2, 0.25) is 0 Å². The molecule has 0 radical (unpaired) electrons. The van der Waals surface area contributed by atoms with Crippen molar-refractivity contribution in [2.24, 2.45) is 0 Å². The van der Waals surface area contributed by atoms with E-state index in [0.717, 1.165) is 11.1 Å². The van der Waals surface area contributed by atoms with Crippen molar-refractivity contribution < 1.29 is 28.5 Å². The third kappa shape index (κ3) is 7.51. The molecule has 6 nitrogen and oxygen atoms in total. The fourth-order valence-corrected chi connectivity index (χ4v) is 3.25. The van der Waals surface area contributed by atoms with Crippen molar-refractivity contribution in [2.45, 2.75) is 20.3 Å². The molecule has 0 saturated heterocycles. The van der Waals surface area contributed by atoms with Crippen LogP contribution in [0, 0.1) is 0 Å². The number of hydrogen-bond acceptors (Lipinski definition) is 6. The lowest BCUT2D eigenvalue weighted by Gasteiger charge is -2.20. The Morgan fingerprint density at radius 3 is 2.24 bits per heavy atom. The summed E-state index contributed by atoms with van der Waals surface area (Å²) in [6.45, 7) is 3.94. The summed E-state index contributed by atoms with van der Waals surface area (Å²) >= 11 is 12.1. The molecule has 2 aromatic carbocycles. The van der Waals surface area contributed by atoms with E-state index in [2.05, 4.69) is 0 Å². The van der Waals surface area contributed by atoms with Crippen LogP contribution >= 0.6 is 23.2 Å². The summed E-state index contributed by atoms with van der Waals surface area (Å²) in [5.41, 5.74) is 2.76. The van der Waals surface area contributed by atoms with Crippen molar-refractivity contribution in [3.8, 4) is 17.2 Å². The lowest BCUT2D eigenvalue weighted by molar-refractivity contribution is 0.0441. The van der Waals surface area contributed by atoms with Crippen LogP contribution in [-0.2, 0) is 15.9 Å². The number of benzene rings is 2. The molecule has 0 saturated carbocycles. The van der Waals surface area contributed by atoms with E-state index in [9.17, 15) is 4.79 Å². The molecule has 0 atom stereocenters. The molecular formula is C25H28Cl2O6. The van der Waals surface area contributed by atoms with Crippen LogP contribution in [0.25, 0.3) is 6.08 Å². The van der Waals surface area contributed by atoms with Crippen molar-refractivity contribution in [1.82, 2.24) is 0 Å². The monoisotopic (exact) mass is 494 g/mol. The van der Waals surface area contributed by atoms with Crippen LogP contribution in [0.15, 0.2) is 42.0 Å². The first-order chi connectivity index (χ1) is 15.8. The summed E-state index contributed by atoms with van der Waals surface area (Å²) in [7, 11) is 4.51. The van der Waals surface area contributed by atoms with Crippen molar-refractivity contribution >= 4 is 35.1 Å². The number of hydrogen-bond donors (Lipinski definition) is 0. The van der Waals surface area contributed by atoms with Crippen LogP contribution in [0.5, 0.6) is 17.2 Å². The highest BCUT2D eigenvalue weighted by molar-refractivity contribution is 6.42. The maximum atomic E-state index is 13.3. The zero-order valence-corrected chi connectivity index (χ0v) is 20.9. The highest BCUT2D eigenvalue weighted by Gasteiger charge is 2.25. The third-order valence-corrected chi connectivity index (χ3v) is 5.25. The Morgan fingerprint density at radius 1 is 0.939 bits per heavy atom. The second-order valence-electron chi connectivity index (χ2n) is 7.22. The average Bonchev–Trinajstić information content (AvgIpc) is 2.80. The number of ether oxygens (including phenoxy) is 5. The molecule has 0 aliphatic carbocycles. The Bertz CT molecular complexity index is 1030. The van der Waals surface area contributed by atoms with Gasteiger partial charge in [0.25, 0.3) is 0 Å². The van der Waals surface area contributed by atoms with Gasteiger partial charge in [-0.05, 0) is 44.0 Å². The molecule has 2 aromatic rings. The van der Waals surface area contributed by atoms with E-state index in [0.29, 0.717) is 39.3 Å². The highest BCUT2D eigenvalue weighted by Crippen LogP contribution is 2.41. The van der Waals surface area contributed by atoms with E-state index < -0.39 is 0 Å². The van der Waals surface area contributed by atoms with Crippen LogP contribution in [-0.4, -0.2) is 40.7 Å². The second kappa shape index (κ2) is 13.3. The van der Waals surface area contributed by atoms with E-state index in [1.54, 1.807) is 30.3 Å². The smallest absolute Gasteiger partial charge is 0.193 e. The van der Waals surface area contributed by atoms with Crippen LogP contribution in [0.1, 0.15) is 35.3 Å². The molecule has 0 aliphatic heterocycles. The van der Waals surface area contributed by atoms with Crippen molar-refractivity contribution in [1.29, 1.82) is 0 Å². The van der Waals surface area contributed by atoms with Crippen molar-refractivity contribution in [2.75, 3.05) is 34.9 Å². The van der Waals surface area contributed by atoms with Gasteiger partial charge in [0.15, 0.2) is 19.4 Å². The normalized spacial score (nSPS) is 10.9. The molecule has 0 heterocycles. The molecule has 0 N–H and O–H groups in total. The standard InChI is InChI=1S/C25H28Cl2O6/c1-16(2)6-9-18-22(32-14-29-3)13-23(31-5)24(25(18)33-15-30-4)21(28)11-8-17-7-10-19(26)20(27)12-17/h6-8,10-13H,9,14-15H2,1-5H3/b11-8+. The molecule has 33 heavy (non-hydrogen) atoms. The van der Waals surface area contributed by atoms with Gasteiger partial charge in [-0.15, -0.1) is 0 Å². The molecule has 0 aliphatic rings. The van der Waals surface area contributed by atoms with Crippen LogP contribution in [0.2, 0.25) is 10.0 Å². The molecule has 0 spiro atoms. The van der Waals surface area contributed by atoms with Gasteiger partial charge in [-0.3, -0.25) is 4.79 Å². The van der Waals surface area contributed by atoms with E-state index in [1.165, 1.54) is 27.4 Å². The zero-order valence-electron chi connectivity index (χ0n) is 19.4. The highest BCUT2D eigenvalue weighted by atomic mass is 35.5. The SMILES string of the molecule is COCOc1cc(OC)c(C(=O)/C=C/c2ccc(Cl)c(Cl)c2)c(OCOC)c1CC=C(C)C. The predicted octanol–water partition coefficient (Wildman–Crippen LogP) is 6.37. The summed E-state index contributed by atoms with van der Waals surface area (Å²) in [5, 5.41) is 0.837. The molecular weight excluding hydrogens is 467 g/mol. The Morgan fingerprint density at radius 2 is 1.64 bits per heavy atom. The van der Waals surface area contributed by atoms with Gasteiger partial charge in [-0.1, -0.05) is 47.0 Å². The lowest BCUT2D eigenvalue weighted by Crippen LogP contribution is -2.12. The second-order valence-corrected chi connectivity index (χ2v) is 8.03. The van der Waals surface area contributed by atoms with Gasteiger partial charge >= 0.3 is 0 Å². The molecule has 0 aromatic heterocycles. The topological polar surface area (TPSA) is 63.2 Å². The Balaban J connectivity index is 2.62. The van der Waals surface area contributed by atoms with E-state index in [4.69, 9.17) is 46.9 Å². The van der Waals surface area contributed by atoms with Gasteiger partial charge in [-0.2, -0.15) is 0 Å². The fraction of sp³-hybridized carbons (Fsp3) is 0.320. The van der Waals surface area contributed by atoms with Gasteiger partial charge in [0.05, 0.1) is 17.2 Å². The maximum Gasteiger partial charge on any atom is 0.193 e. The first kappa shape index (κ1) is 26.7. The Kier molecular flexibility index (Phi) is 10.7. The largest absolute Gasteiger partial charge is 0.496 e. The predicted molar refractivity (Wildman–Crippen MR) is 131 cm³/mol. The van der Waals surface area contributed by atoms with E-state index >= 15 is 0 Å². The van der Waals surface area contributed by atoms with Crippen molar-refractivity contribution in [3.63, 3.8) is 0 Å². The summed E-state index contributed by atoms with van der Waals surface area (Å²) in [6.07, 6.45) is 5.56. The number of halogens is 2. The van der Waals surface area contributed by atoms with Crippen LogP contribution in [0.4, 0.5) is 0 Å². The first-order valence-corrected chi connectivity index (χ1v) is 10.9. The minimum atomic E-state index is -0.319. The zero-order chi connectivity index (χ0) is 24.4. The summed E-state index contributed by atoms with van der Waals surface area (Å²) in [6, 6.07) is 6.77. The summed E-state index contributed by atoms with van der Waals surface area (Å²) in [5.74, 6) is 0.795. The molecule has 0 unspecified atom stereocenters. The van der Waals surface area contributed by atoms with Gasteiger partial charge in [0, 0.05) is 25.8 Å². The Labute approximate surface area is 204 Å². The molecule has 0 bridgehead atoms. The molecule has 178 valence electrons. The minimum Gasteiger partial charge on any atom is -0.496 e.